The summed E-state index contributed by atoms with van der Waals surface area (Å²) in [4.78, 5) is 31.6. The third-order valence-electron chi connectivity index (χ3n) is 2.93. The van der Waals surface area contributed by atoms with Gasteiger partial charge in [0, 0.05) is 36.3 Å². The van der Waals surface area contributed by atoms with Crippen LogP contribution < -0.4 is 10.6 Å². The number of carbonyl (C=O) groups excluding carboxylic acids is 2. The van der Waals surface area contributed by atoms with Crippen molar-refractivity contribution in [2.24, 2.45) is 0 Å². The van der Waals surface area contributed by atoms with Crippen LogP contribution in [0.5, 0.6) is 0 Å². The summed E-state index contributed by atoms with van der Waals surface area (Å²) in [6, 6.07) is 3.55. The van der Waals surface area contributed by atoms with Crippen LogP contribution in [0, 0.1) is 0 Å². The van der Waals surface area contributed by atoms with E-state index in [1.54, 1.807) is 24.5 Å². The third kappa shape index (κ3) is 5.79. The second-order valence-corrected chi connectivity index (χ2v) is 6.32. The molecule has 0 fully saturated rings. The smallest absolute Gasteiger partial charge is 0.239 e. The zero-order valence-corrected chi connectivity index (χ0v) is 14.0. The fourth-order valence-electron chi connectivity index (χ4n) is 1.92. The molecule has 0 radical (unpaired) electrons. The quantitative estimate of drug-likeness (QED) is 0.820. The van der Waals surface area contributed by atoms with Crippen LogP contribution in [0.2, 0.25) is 0 Å². The zero-order valence-electron chi connectivity index (χ0n) is 14.0. The van der Waals surface area contributed by atoms with Gasteiger partial charge in [0.05, 0.1) is 6.54 Å². The molecule has 0 aromatic carbocycles. The number of aromatic nitrogens is 3. The van der Waals surface area contributed by atoms with E-state index in [0.29, 0.717) is 18.1 Å². The summed E-state index contributed by atoms with van der Waals surface area (Å²) in [7, 11) is 0. The minimum atomic E-state index is -0.324. The fourth-order valence-corrected chi connectivity index (χ4v) is 1.92. The lowest BCUT2D eigenvalue weighted by molar-refractivity contribution is -0.126. The van der Waals surface area contributed by atoms with Crippen LogP contribution in [-0.2, 0) is 16.0 Å². The molecule has 2 aromatic rings. The number of rotatable bonds is 6. The topological polar surface area (TPSA) is 110 Å². The second-order valence-electron chi connectivity index (χ2n) is 6.32. The molecule has 24 heavy (non-hydrogen) atoms. The Morgan fingerprint density at radius 3 is 2.54 bits per heavy atom. The Labute approximate surface area is 140 Å². The molecular formula is C16H21N5O3. The maximum Gasteiger partial charge on any atom is 0.239 e. The Bertz CT molecular complexity index is 691. The van der Waals surface area contributed by atoms with Crippen molar-refractivity contribution < 1.29 is 14.1 Å². The van der Waals surface area contributed by atoms with E-state index >= 15 is 0 Å². The third-order valence-corrected chi connectivity index (χ3v) is 2.93. The SMILES string of the molecule is CC(C)(C)NC(=O)CNC(=O)CCc1nc(-c2ccncc2)no1. The van der Waals surface area contributed by atoms with Gasteiger partial charge in [0.15, 0.2) is 0 Å². The Kier molecular flexibility index (Phi) is 5.62. The molecule has 2 rings (SSSR count). The molecular weight excluding hydrogens is 310 g/mol. The van der Waals surface area contributed by atoms with Crippen molar-refractivity contribution in [3.05, 3.63) is 30.4 Å². The Morgan fingerprint density at radius 1 is 1.17 bits per heavy atom. The number of nitrogens with one attached hydrogen (secondary N) is 2. The van der Waals surface area contributed by atoms with E-state index < -0.39 is 0 Å². The van der Waals surface area contributed by atoms with Gasteiger partial charge in [0.1, 0.15) is 0 Å². The summed E-state index contributed by atoms with van der Waals surface area (Å²) >= 11 is 0. The largest absolute Gasteiger partial charge is 0.350 e. The highest BCUT2D eigenvalue weighted by atomic mass is 16.5. The van der Waals surface area contributed by atoms with Crippen LogP contribution in [0.15, 0.2) is 29.0 Å². The van der Waals surface area contributed by atoms with E-state index in [-0.39, 0.29) is 30.3 Å². The van der Waals surface area contributed by atoms with Gasteiger partial charge >= 0.3 is 0 Å². The van der Waals surface area contributed by atoms with Crippen molar-refractivity contribution in [2.45, 2.75) is 39.2 Å². The first-order valence-corrected chi connectivity index (χ1v) is 7.64. The van der Waals surface area contributed by atoms with Gasteiger partial charge in [-0.3, -0.25) is 14.6 Å². The van der Waals surface area contributed by atoms with Gasteiger partial charge in [-0.1, -0.05) is 5.16 Å². The molecule has 8 heteroatoms. The molecule has 2 amide bonds. The van der Waals surface area contributed by atoms with Gasteiger partial charge in [-0.25, -0.2) is 0 Å². The molecule has 128 valence electrons. The van der Waals surface area contributed by atoms with Crippen molar-refractivity contribution in [1.82, 2.24) is 25.8 Å². The lowest BCUT2D eigenvalue weighted by atomic mass is 10.1. The van der Waals surface area contributed by atoms with Crippen molar-refractivity contribution in [3.63, 3.8) is 0 Å². The molecule has 0 spiro atoms. The highest BCUT2D eigenvalue weighted by Crippen LogP contribution is 2.14. The summed E-state index contributed by atoms with van der Waals surface area (Å²) in [5.74, 6) is 0.352. The summed E-state index contributed by atoms with van der Waals surface area (Å²) in [6.45, 7) is 5.58. The van der Waals surface area contributed by atoms with E-state index in [1.807, 2.05) is 20.8 Å². The van der Waals surface area contributed by atoms with E-state index in [2.05, 4.69) is 25.8 Å². The Hall–Kier alpha value is -2.77. The number of nitrogens with zero attached hydrogens (tertiary/aromatic N) is 3. The van der Waals surface area contributed by atoms with Crippen molar-refractivity contribution >= 4 is 11.8 Å². The molecule has 2 aromatic heterocycles. The standard InChI is InChI=1S/C16H21N5O3/c1-16(2,3)20-13(23)10-18-12(22)4-5-14-19-15(21-24-14)11-6-8-17-9-7-11/h6-9H,4-5,10H2,1-3H3,(H,18,22)(H,20,23). The van der Waals surface area contributed by atoms with Crippen molar-refractivity contribution in [1.29, 1.82) is 0 Å². The Morgan fingerprint density at radius 2 is 1.88 bits per heavy atom. The monoisotopic (exact) mass is 331 g/mol. The van der Waals surface area contributed by atoms with Gasteiger partial charge < -0.3 is 15.2 Å². The summed E-state index contributed by atoms with van der Waals surface area (Å²) in [5, 5.41) is 9.20. The van der Waals surface area contributed by atoms with Gasteiger partial charge in [0.25, 0.3) is 0 Å². The molecule has 0 saturated carbocycles. The highest BCUT2D eigenvalue weighted by Gasteiger charge is 2.15. The van der Waals surface area contributed by atoms with E-state index in [9.17, 15) is 9.59 Å². The maximum absolute atomic E-state index is 11.8. The molecule has 2 heterocycles. The molecule has 2 N–H and O–H groups in total. The molecule has 0 saturated heterocycles. The lowest BCUT2D eigenvalue weighted by Gasteiger charge is -2.20. The first kappa shape index (κ1) is 17.6. The van der Waals surface area contributed by atoms with Crippen LogP contribution in [0.1, 0.15) is 33.1 Å². The molecule has 0 aliphatic rings. The minimum Gasteiger partial charge on any atom is -0.350 e. The fraction of sp³-hybridized carbons (Fsp3) is 0.438. The minimum absolute atomic E-state index is 0.0534. The predicted octanol–water partition coefficient (Wildman–Crippen LogP) is 1.10. The molecule has 0 bridgehead atoms. The number of pyridine rings is 1. The van der Waals surface area contributed by atoms with Crippen LogP contribution in [0.3, 0.4) is 0 Å². The van der Waals surface area contributed by atoms with Gasteiger partial charge in [-0.05, 0) is 32.9 Å². The van der Waals surface area contributed by atoms with Gasteiger partial charge in [-0.15, -0.1) is 0 Å². The molecule has 0 aliphatic carbocycles. The zero-order chi connectivity index (χ0) is 17.6. The van der Waals surface area contributed by atoms with E-state index in [4.69, 9.17) is 4.52 Å². The first-order chi connectivity index (χ1) is 11.3. The number of hydrogen-bond donors (Lipinski definition) is 2. The van der Waals surface area contributed by atoms with Crippen LogP contribution in [-0.4, -0.2) is 39.0 Å². The molecule has 0 atom stereocenters. The van der Waals surface area contributed by atoms with Gasteiger partial charge in [0.2, 0.25) is 23.5 Å². The van der Waals surface area contributed by atoms with Crippen LogP contribution in [0.4, 0.5) is 0 Å². The second kappa shape index (κ2) is 7.67. The van der Waals surface area contributed by atoms with Crippen LogP contribution in [0.25, 0.3) is 11.4 Å². The van der Waals surface area contributed by atoms with Gasteiger partial charge in [-0.2, -0.15) is 4.98 Å². The summed E-state index contributed by atoms with van der Waals surface area (Å²) < 4.78 is 5.12. The number of aryl methyl sites for hydroxylation is 1. The number of carbonyl (C=O) groups is 2. The first-order valence-electron chi connectivity index (χ1n) is 7.64. The van der Waals surface area contributed by atoms with E-state index in [1.165, 1.54) is 0 Å². The normalized spacial score (nSPS) is 11.1. The molecule has 8 nitrogen and oxygen atoms in total. The molecule has 0 aliphatic heterocycles. The summed E-state index contributed by atoms with van der Waals surface area (Å²) in [5.41, 5.74) is 0.470. The van der Waals surface area contributed by atoms with Crippen LogP contribution >= 0.6 is 0 Å². The average Bonchev–Trinajstić information content (AvgIpc) is 2.99. The lowest BCUT2D eigenvalue weighted by Crippen LogP contribution is -2.45. The van der Waals surface area contributed by atoms with E-state index in [0.717, 1.165) is 5.56 Å². The van der Waals surface area contributed by atoms with Crippen molar-refractivity contribution in [3.8, 4) is 11.4 Å². The maximum atomic E-state index is 11.8. The number of amides is 2. The summed E-state index contributed by atoms with van der Waals surface area (Å²) in [6.07, 6.45) is 3.76. The van der Waals surface area contributed by atoms with Crippen molar-refractivity contribution in [2.75, 3.05) is 6.54 Å². The molecule has 0 unspecified atom stereocenters. The highest BCUT2D eigenvalue weighted by molar-refractivity contribution is 5.85. The average molecular weight is 331 g/mol. The predicted molar refractivity (Wildman–Crippen MR) is 86.8 cm³/mol. The Balaban J connectivity index is 1.76. The number of hydrogen-bond acceptors (Lipinski definition) is 6.